The number of carbonyl (C=O) groups is 2. The van der Waals surface area contributed by atoms with Crippen molar-refractivity contribution in [2.24, 2.45) is 5.92 Å². The molecule has 4 nitrogen and oxygen atoms in total. The van der Waals surface area contributed by atoms with E-state index in [1.54, 1.807) is 30.3 Å². The predicted octanol–water partition coefficient (Wildman–Crippen LogP) is 10.6. The second-order valence-corrected chi connectivity index (χ2v) is 14.2. The first kappa shape index (κ1) is 29.9. The highest BCUT2D eigenvalue weighted by Gasteiger charge is 2.36. The number of hydrogen-bond donors (Lipinski definition) is 2. The van der Waals surface area contributed by atoms with E-state index in [2.05, 4.69) is 19.1 Å². The standard InChI is InChI=1S/C41H34O4S/c1-25-9-7-8-12-33(25)32-18-20-39-37(24-32)41(43)36-23-31(17-19-38(36)46(39,44)45)30-16-14-27(3)35(22-30)40(42)34-21-29(15-13-26(34)2)28-10-5-4-6-11-28/h4-8,10-25,44-45H,9H2,1-3H3. The first-order chi connectivity index (χ1) is 22.1. The van der Waals surface area contributed by atoms with Gasteiger partial charge in [-0.2, -0.15) is 0 Å². The largest absolute Gasteiger partial charge is 0.290 e. The minimum Gasteiger partial charge on any atom is -0.290 e. The Balaban J connectivity index is 1.27. The second-order valence-electron chi connectivity index (χ2n) is 12.2. The molecule has 2 N–H and O–H groups in total. The van der Waals surface area contributed by atoms with Gasteiger partial charge in [-0.15, -0.1) is 10.6 Å². The Morgan fingerprint density at radius 3 is 1.80 bits per heavy atom. The summed E-state index contributed by atoms with van der Waals surface area (Å²) in [6.45, 7) is 6.01. The molecule has 0 radical (unpaired) electrons. The van der Waals surface area contributed by atoms with Gasteiger partial charge in [0.05, 0.1) is 9.79 Å². The van der Waals surface area contributed by atoms with Crippen LogP contribution in [0.15, 0.2) is 131 Å². The molecule has 0 spiro atoms. The van der Waals surface area contributed by atoms with Gasteiger partial charge in [-0.1, -0.05) is 91.9 Å². The summed E-state index contributed by atoms with van der Waals surface area (Å²) in [4.78, 5) is 28.5. The van der Waals surface area contributed by atoms with Crippen LogP contribution < -0.4 is 0 Å². The molecule has 0 amide bonds. The highest BCUT2D eigenvalue weighted by Crippen LogP contribution is 2.61. The lowest BCUT2D eigenvalue weighted by Gasteiger charge is -2.39. The number of hydrogen-bond acceptors (Lipinski definition) is 4. The quantitative estimate of drug-likeness (QED) is 0.191. The van der Waals surface area contributed by atoms with E-state index in [0.29, 0.717) is 22.6 Å². The smallest absolute Gasteiger partial charge is 0.196 e. The lowest BCUT2D eigenvalue weighted by atomic mass is 9.86. The van der Waals surface area contributed by atoms with E-state index in [4.69, 9.17) is 0 Å². The van der Waals surface area contributed by atoms with Crippen molar-refractivity contribution < 1.29 is 18.7 Å². The Bertz CT molecular complexity index is 2120. The summed E-state index contributed by atoms with van der Waals surface area (Å²) in [5.41, 5.74) is 9.10. The van der Waals surface area contributed by atoms with Gasteiger partial charge in [0.15, 0.2) is 11.6 Å². The van der Waals surface area contributed by atoms with Gasteiger partial charge in [-0.05, 0) is 107 Å². The number of aryl methyl sites for hydroxylation is 2. The molecule has 228 valence electrons. The lowest BCUT2D eigenvalue weighted by Crippen LogP contribution is -2.18. The predicted molar refractivity (Wildman–Crippen MR) is 187 cm³/mol. The molecule has 5 aromatic carbocycles. The molecule has 0 saturated heterocycles. The molecule has 1 heterocycles. The first-order valence-corrected chi connectivity index (χ1v) is 17.0. The summed E-state index contributed by atoms with van der Waals surface area (Å²) < 4.78 is 22.9. The fourth-order valence-corrected chi connectivity index (χ4v) is 8.20. The lowest BCUT2D eigenvalue weighted by molar-refractivity contribution is 0.102. The third-order valence-corrected chi connectivity index (χ3v) is 11.2. The Kier molecular flexibility index (Phi) is 7.48. The summed E-state index contributed by atoms with van der Waals surface area (Å²) in [6, 6.07) is 32.2. The van der Waals surface area contributed by atoms with Crippen molar-refractivity contribution in [3.05, 3.63) is 160 Å². The van der Waals surface area contributed by atoms with E-state index in [0.717, 1.165) is 50.9 Å². The maximum Gasteiger partial charge on any atom is 0.196 e. The van der Waals surface area contributed by atoms with E-state index < -0.39 is 10.6 Å². The van der Waals surface area contributed by atoms with Crippen molar-refractivity contribution in [1.29, 1.82) is 0 Å². The summed E-state index contributed by atoms with van der Waals surface area (Å²) in [5, 5.41) is 0. The number of rotatable bonds is 5. The molecule has 0 aromatic heterocycles. The summed E-state index contributed by atoms with van der Waals surface area (Å²) in [6.07, 6.45) is 7.12. The topological polar surface area (TPSA) is 74.6 Å². The van der Waals surface area contributed by atoms with E-state index in [1.807, 2.05) is 92.7 Å². The third-order valence-electron chi connectivity index (χ3n) is 9.23. The van der Waals surface area contributed by atoms with Gasteiger partial charge < -0.3 is 0 Å². The molecule has 0 bridgehead atoms. The van der Waals surface area contributed by atoms with Crippen molar-refractivity contribution >= 4 is 27.7 Å². The Hall–Kier alpha value is -4.81. The Morgan fingerprint density at radius 1 is 0.674 bits per heavy atom. The van der Waals surface area contributed by atoms with E-state index in [1.165, 1.54) is 0 Å². The van der Waals surface area contributed by atoms with Crippen molar-refractivity contribution in [1.82, 2.24) is 0 Å². The summed E-state index contributed by atoms with van der Waals surface area (Å²) in [7, 11) is -3.40. The van der Waals surface area contributed by atoms with Crippen LogP contribution in [-0.2, 0) is 0 Å². The highest BCUT2D eigenvalue weighted by molar-refractivity contribution is 8.24. The fraction of sp³-hybridized carbons (Fsp3) is 0.122. The van der Waals surface area contributed by atoms with Crippen LogP contribution in [0.2, 0.25) is 0 Å². The normalized spacial score (nSPS) is 17.1. The number of fused-ring (bicyclic) bond motifs is 2. The van der Waals surface area contributed by atoms with Crippen molar-refractivity contribution in [3.63, 3.8) is 0 Å². The van der Waals surface area contributed by atoms with Gasteiger partial charge in [0.2, 0.25) is 0 Å². The van der Waals surface area contributed by atoms with Gasteiger partial charge in [0.1, 0.15) is 0 Å². The maximum absolute atomic E-state index is 14.0. The molecule has 5 aromatic rings. The zero-order valence-electron chi connectivity index (χ0n) is 26.0. The highest BCUT2D eigenvalue weighted by atomic mass is 32.3. The van der Waals surface area contributed by atoms with Crippen LogP contribution in [0.1, 0.15) is 61.9 Å². The molecule has 1 aliphatic heterocycles. The molecule has 7 rings (SSSR count). The average Bonchev–Trinajstić information content (AvgIpc) is 3.07. The third kappa shape index (κ3) is 5.07. The monoisotopic (exact) mass is 622 g/mol. The molecule has 1 aliphatic carbocycles. The second kappa shape index (κ2) is 11.5. The van der Waals surface area contributed by atoms with Gasteiger partial charge >= 0.3 is 0 Å². The van der Waals surface area contributed by atoms with Crippen molar-refractivity contribution in [2.45, 2.75) is 37.0 Å². The van der Waals surface area contributed by atoms with E-state index >= 15 is 0 Å². The van der Waals surface area contributed by atoms with Gasteiger partial charge in [-0.3, -0.25) is 18.7 Å². The number of ketones is 2. The van der Waals surface area contributed by atoms with Crippen LogP contribution in [0.3, 0.4) is 0 Å². The van der Waals surface area contributed by atoms with Gasteiger partial charge in [0, 0.05) is 22.3 Å². The molecule has 0 saturated carbocycles. The Labute approximate surface area is 271 Å². The summed E-state index contributed by atoms with van der Waals surface area (Å²) in [5.74, 6) is -0.0132. The molecule has 46 heavy (non-hydrogen) atoms. The van der Waals surface area contributed by atoms with Crippen molar-refractivity contribution in [2.75, 3.05) is 0 Å². The van der Waals surface area contributed by atoms with E-state index in [-0.39, 0.29) is 26.9 Å². The van der Waals surface area contributed by atoms with Crippen LogP contribution in [0.25, 0.3) is 27.8 Å². The number of allylic oxidation sites excluding steroid dienone is 4. The molecule has 1 atom stereocenters. The minimum atomic E-state index is -3.40. The van der Waals surface area contributed by atoms with E-state index in [9.17, 15) is 18.7 Å². The van der Waals surface area contributed by atoms with Gasteiger partial charge in [-0.25, -0.2) is 0 Å². The number of benzene rings is 5. The van der Waals surface area contributed by atoms with Crippen LogP contribution in [0.4, 0.5) is 0 Å². The van der Waals surface area contributed by atoms with Crippen LogP contribution in [0.5, 0.6) is 0 Å². The minimum absolute atomic E-state index is 0.0691. The molecule has 5 heteroatoms. The molecular weight excluding hydrogens is 589 g/mol. The maximum atomic E-state index is 14.0. The zero-order chi connectivity index (χ0) is 32.2. The molecule has 0 fully saturated rings. The zero-order valence-corrected chi connectivity index (χ0v) is 26.8. The Morgan fingerprint density at radius 2 is 1.20 bits per heavy atom. The molecular formula is C41H34O4S. The molecule has 2 aliphatic rings. The van der Waals surface area contributed by atoms with Crippen LogP contribution >= 0.6 is 10.6 Å². The van der Waals surface area contributed by atoms with Crippen LogP contribution in [0, 0.1) is 19.8 Å². The van der Waals surface area contributed by atoms with Crippen LogP contribution in [-0.4, -0.2) is 20.7 Å². The molecule has 1 unspecified atom stereocenters. The van der Waals surface area contributed by atoms with Gasteiger partial charge in [0.25, 0.3) is 0 Å². The fourth-order valence-electron chi connectivity index (χ4n) is 6.53. The van der Waals surface area contributed by atoms with Crippen molar-refractivity contribution in [3.8, 4) is 22.3 Å². The first-order valence-electron chi connectivity index (χ1n) is 15.4. The summed E-state index contributed by atoms with van der Waals surface area (Å²) >= 11 is 0. The SMILES string of the molecule is Cc1ccc(-c2ccccc2)cc1C(=O)c1cc(-c2ccc3c(c2)C(=O)c2cc(C4=CC=CCC4C)ccc2S3(O)O)ccc1C. The average molecular weight is 623 g/mol. The number of carbonyl (C=O) groups excluding carboxylic acids is 2.